The molecule has 0 aliphatic heterocycles. The molecule has 0 aliphatic rings. The third-order valence-electron chi connectivity index (χ3n) is 5.71. The number of hydrogen-bond donors (Lipinski definition) is 1. The summed E-state index contributed by atoms with van der Waals surface area (Å²) in [5.41, 5.74) is 5.68. The quantitative estimate of drug-likeness (QED) is 0.347. The van der Waals surface area contributed by atoms with Gasteiger partial charge in [0.1, 0.15) is 17.6 Å². The van der Waals surface area contributed by atoms with E-state index in [1.165, 1.54) is 16.7 Å². The van der Waals surface area contributed by atoms with Gasteiger partial charge in [-0.15, -0.1) is 0 Å². The molecule has 0 fully saturated rings. The smallest absolute Gasteiger partial charge is 0.335 e. The van der Waals surface area contributed by atoms with Gasteiger partial charge in [0.25, 0.3) is 0 Å². The van der Waals surface area contributed by atoms with E-state index in [1.807, 2.05) is 19.2 Å². The van der Waals surface area contributed by atoms with Crippen molar-refractivity contribution in [2.75, 3.05) is 6.61 Å². The van der Waals surface area contributed by atoms with Gasteiger partial charge in [0, 0.05) is 17.8 Å². The van der Waals surface area contributed by atoms with E-state index in [-0.39, 0.29) is 11.7 Å². The number of benzene rings is 2. The van der Waals surface area contributed by atoms with Crippen LogP contribution in [-0.2, 0) is 12.8 Å². The number of hydrogen-bond acceptors (Lipinski definition) is 4. The van der Waals surface area contributed by atoms with Gasteiger partial charge < -0.3 is 14.6 Å². The predicted molar refractivity (Wildman–Crippen MR) is 131 cm³/mol. The molecule has 1 N–H and O–H groups in total. The fraction of sp³-hybridized carbons (Fsp3) is 0.357. The molecular weight excluding hydrogens is 414 g/mol. The Labute approximate surface area is 196 Å². The Hall–Kier alpha value is -3.34. The second kappa shape index (κ2) is 11.5. The summed E-state index contributed by atoms with van der Waals surface area (Å²) in [6.07, 6.45) is 5.07. The van der Waals surface area contributed by atoms with Gasteiger partial charge in [-0.3, -0.25) is 4.98 Å². The van der Waals surface area contributed by atoms with Crippen LogP contribution in [0.5, 0.6) is 11.5 Å². The standard InChI is InChI=1S/C28H33NO4/c1-5-11-25(33-22-15-10-14-21(16-22)28(30)31)23-18-29-24(17-26(23)32-8-4)27-19(6-2)12-9-13-20(27)7-3/h9-10,12-18,25H,5-8,11H2,1-4H3,(H,30,31). The van der Waals surface area contributed by atoms with Gasteiger partial charge in [-0.1, -0.05) is 51.5 Å². The number of aromatic carboxylic acids is 1. The zero-order chi connectivity index (χ0) is 23.8. The molecule has 3 rings (SSSR count). The molecule has 0 spiro atoms. The third kappa shape index (κ3) is 5.72. The number of nitrogens with zero attached hydrogens (tertiary/aromatic N) is 1. The van der Waals surface area contributed by atoms with Gasteiger partial charge in [0.15, 0.2) is 0 Å². The number of ether oxygens (including phenoxy) is 2. The first-order valence-electron chi connectivity index (χ1n) is 11.8. The maximum absolute atomic E-state index is 11.4. The Balaban J connectivity index is 2.04. The first-order chi connectivity index (χ1) is 16.0. The number of carboxylic acid groups (broad SMARTS) is 1. The van der Waals surface area contributed by atoms with Crippen molar-refractivity contribution in [2.45, 2.75) is 59.5 Å². The number of carboxylic acids is 1. The van der Waals surface area contributed by atoms with Crippen molar-refractivity contribution in [3.63, 3.8) is 0 Å². The summed E-state index contributed by atoms with van der Waals surface area (Å²) in [5, 5.41) is 9.32. The zero-order valence-corrected chi connectivity index (χ0v) is 19.9. The van der Waals surface area contributed by atoms with Gasteiger partial charge in [0.05, 0.1) is 23.4 Å². The maximum atomic E-state index is 11.4. The van der Waals surface area contributed by atoms with Gasteiger partial charge >= 0.3 is 5.97 Å². The number of rotatable bonds is 11. The number of pyridine rings is 1. The number of aromatic nitrogens is 1. The lowest BCUT2D eigenvalue weighted by molar-refractivity contribution is 0.0696. The third-order valence-corrected chi connectivity index (χ3v) is 5.71. The molecule has 1 unspecified atom stereocenters. The van der Waals surface area contributed by atoms with Crippen molar-refractivity contribution in [1.29, 1.82) is 0 Å². The van der Waals surface area contributed by atoms with Crippen molar-refractivity contribution in [2.24, 2.45) is 0 Å². The van der Waals surface area contributed by atoms with Crippen LogP contribution in [-0.4, -0.2) is 22.7 Å². The molecular formula is C28H33NO4. The Bertz CT molecular complexity index is 1070. The first kappa shape index (κ1) is 24.3. The van der Waals surface area contributed by atoms with Crippen molar-refractivity contribution in [1.82, 2.24) is 4.98 Å². The molecule has 1 atom stereocenters. The summed E-state index contributed by atoms with van der Waals surface area (Å²) < 4.78 is 12.3. The van der Waals surface area contributed by atoms with Crippen LogP contribution in [0.2, 0.25) is 0 Å². The van der Waals surface area contributed by atoms with Crippen LogP contribution >= 0.6 is 0 Å². The van der Waals surface area contributed by atoms with Crippen molar-refractivity contribution < 1.29 is 19.4 Å². The van der Waals surface area contributed by atoms with E-state index in [0.29, 0.717) is 12.4 Å². The van der Waals surface area contributed by atoms with Crippen molar-refractivity contribution >= 4 is 5.97 Å². The molecule has 0 amide bonds. The molecule has 174 valence electrons. The maximum Gasteiger partial charge on any atom is 0.335 e. The monoisotopic (exact) mass is 447 g/mol. The molecule has 0 saturated heterocycles. The Morgan fingerprint density at radius 3 is 2.30 bits per heavy atom. The van der Waals surface area contributed by atoms with E-state index < -0.39 is 5.97 Å². The highest BCUT2D eigenvalue weighted by molar-refractivity contribution is 5.88. The van der Waals surface area contributed by atoms with E-state index >= 15 is 0 Å². The fourth-order valence-corrected chi connectivity index (χ4v) is 4.08. The molecule has 0 bridgehead atoms. The molecule has 0 aliphatic carbocycles. The van der Waals surface area contributed by atoms with Gasteiger partial charge in [-0.25, -0.2) is 4.79 Å². The van der Waals surface area contributed by atoms with E-state index in [1.54, 1.807) is 24.3 Å². The van der Waals surface area contributed by atoms with Gasteiger partial charge in [0.2, 0.25) is 0 Å². The Morgan fingerprint density at radius 2 is 1.70 bits per heavy atom. The van der Waals surface area contributed by atoms with E-state index in [4.69, 9.17) is 14.5 Å². The van der Waals surface area contributed by atoms with Crippen LogP contribution in [0, 0.1) is 0 Å². The predicted octanol–water partition coefficient (Wildman–Crippen LogP) is 6.89. The average molecular weight is 448 g/mol. The zero-order valence-electron chi connectivity index (χ0n) is 19.9. The summed E-state index contributed by atoms with van der Waals surface area (Å²) in [6.45, 7) is 8.91. The van der Waals surface area contributed by atoms with Crippen LogP contribution in [0.25, 0.3) is 11.3 Å². The van der Waals surface area contributed by atoms with Gasteiger partial charge in [-0.2, -0.15) is 0 Å². The summed E-state index contributed by atoms with van der Waals surface area (Å²) in [6, 6.07) is 15.0. The Kier molecular flexibility index (Phi) is 8.47. The van der Waals surface area contributed by atoms with E-state index in [9.17, 15) is 9.90 Å². The van der Waals surface area contributed by atoms with Crippen LogP contribution in [0.4, 0.5) is 0 Å². The van der Waals surface area contributed by atoms with Crippen molar-refractivity contribution in [3.05, 3.63) is 77.0 Å². The minimum Gasteiger partial charge on any atom is -0.493 e. The molecule has 0 saturated carbocycles. The molecule has 2 aromatic carbocycles. The lowest BCUT2D eigenvalue weighted by Crippen LogP contribution is -2.11. The summed E-state index contributed by atoms with van der Waals surface area (Å²) in [5.74, 6) is 0.294. The summed E-state index contributed by atoms with van der Waals surface area (Å²) >= 11 is 0. The normalized spacial score (nSPS) is 11.8. The highest BCUT2D eigenvalue weighted by atomic mass is 16.5. The lowest BCUT2D eigenvalue weighted by atomic mass is 9.94. The second-order valence-corrected chi connectivity index (χ2v) is 7.93. The highest BCUT2D eigenvalue weighted by Crippen LogP contribution is 2.36. The number of carbonyl (C=O) groups is 1. The molecule has 5 nitrogen and oxygen atoms in total. The Morgan fingerprint density at radius 1 is 1.00 bits per heavy atom. The van der Waals surface area contributed by atoms with E-state index in [2.05, 4.69) is 39.0 Å². The minimum absolute atomic E-state index is 0.199. The van der Waals surface area contributed by atoms with Crippen LogP contribution in [0.3, 0.4) is 0 Å². The highest BCUT2D eigenvalue weighted by Gasteiger charge is 2.21. The molecule has 1 aromatic heterocycles. The van der Waals surface area contributed by atoms with Gasteiger partial charge in [-0.05, 0) is 55.5 Å². The largest absolute Gasteiger partial charge is 0.493 e. The summed E-state index contributed by atoms with van der Waals surface area (Å²) in [7, 11) is 0. The van der Waals surface area contributed by atoms with Crippen LogP contribution < -0.4 is 9.47 Å². The van der Waals surface area contributed by atoms with Crippen LogP contribution in [0.1, 0.15) is 73.7 Å². The molecule has 5 heteroatoms. The molecule has 33 heavy (non-hydrogen) atoms. The average Bonchev–Trinajstić information content (AvgIpc) is 2.83. The van der Waals surface area contributed by atoms with Crippen molar-refractivity contribution in [3.8, 4) is 22.8 Å². The number of aryl methyl sites for hydroxylation is 2. The van der Waals surface area contributed by atoms with E-state index in [0.717, 1.165) is 42.7 Å². The summed E-state index contributed by atoms with van der Waals surface area (Å²) in [4.78, 5) is 16.2. The minimum atomic E-state index is -0.977. The first-order valence-corrected chi connectivity index (χ1v) is 11.8. The second-order valence-electron chi connectivity index (χ2n) is 7.93. The molecule has 0 radical (unpaired) electrons. The SMILES string of the molecule is CCCC(Oc1cccc(C(=O)O)c1)c1cnc(-c2c(CC)cccc2CC)cc1OCC. The topological polar surface area (TPSA) is 68.7 Å². The molecule has 3 aromatic rings. The fourth-order valence-electron chi connectivity index (χ4n) is 4.08. The van der Waals surface area contributed by atoms with Crippen LogP contribution in [0.15, 0.2) is 54.7 Å². The molecule has 1 heterocycles. The lowest BCUT2D eigenvalue weighted by Gasteiger charge is -2.23.